The first-order valence-electron chi connectivity index (χ1n) is 11.8. The molecule has 1 N–H and O–H groups in total. The number of nitrogens with zero attached hydrogens (tertiary/aromatic N) is 2. The molecular weight excluding hydrogens is 460 g/mol. The number of benzene rings is 1. The van der Waals surface area contributed by atoms with Crippen LogP contribution in [0.2, 0.25) is 5.02 Å². The van der Waals surface area contributed by atoms with Gasteiger partial charge in [0.25, 0.3) is 5.91 Å². The summed E-state index contributed by atoms with van der Waals surface area (Å²) in [5.41, 5.74) is -0.451. The average molecular weight is 491 g/mol. The van der Waals surface area contributed by atoms with E-state index < -0.39 is 35.6 Å². The molecule has 2 bridgehead atoms. The number of rotatable bonds is 10. The Morgan fingerprint density at radius 1 is 1.35 bits per heavy atom. The highest BCUT2D eigenvalue weighted by atomic mass is 35.5. The maximum absolute atomic E-state index is 14.1. The first-order valence-corrected chi connectivity index (χ1v) is 12.2. The largest absolute Gasteiger partial charge is 0.466 e. The minimum absolute atomic E-state index is 0.00734. The minimum Gasteiger partial charge on any atom is -0.466 e. The highest BCUT2D eigenvalue weighted by Crippen LogP contribution is 2.58. The number of carbonyl (C=O) groups excluding carboxylic acids is 3. The molecule has 0 unspecified atom stereocenters. The van der Waals surface area contributed by atoms with Gasteiger partial charge in [-0.1, -0.05) is 17.7 Å². The van der Waals surface area contributed by atoms with E-state index in [1.54, 1.807) is 47.1 Å². The number of ether oxygens (including phenoxy) is 2. The van der Waals surface area contributed by atoms with Gasteiger partial charge in [0, 0.05) is 30.4 Å². The van der Waals surface area contributed by atoms with Crippen molar-refractivity contribution in [3.8, 4) is 0 Å². The third-order valence-corrected chi connectivity index (χ3v) is 7.37. The third kappa shape index (κ3) is 4.01. The van der Waals surface area contributed by atoms with Crippen LogP contribution in [0.25, 0.3) is 0 Å². The molecule has 0 radical (unpaired) electrons. The second-order valence-corrected chi connectivity index (χ2v) is 9.42. The van der Waals surface area contributed by atoms with Crippen LogP contribution in [-0.2, 0) is 23.9 Å². The Morgan fingerprint density at radius 3 is 2.74 bits per heavy atom. The molecule has 0 aromatic heterocycles. The second-order valence-electron chi connectivity index (χ2n) is 8.98. The van der Waals surface area contributed by atoms with Crippen molar-refractivity contribution >= 4 is 35.1 Å². The fourth-order valence-electron chi connectivity index (χ4n) is 5.79. The Bertz CT molecular complexity index is 953. The van der Waals surface area contributed by atoms with Gasteiger partial charge in [0.05, 0.1) is 24.5 Å². The lowest BCUT2D eigenvalue weighted by atomic mass is 9.70. The summed E-state index contributed by atoms with van der Waals surface area (Å²) in [6, 6.07) is 6.02. The van der Waals surface area contributed by atoms with Crippen molar-refractivity contribution in [2.45, 2.75) is 50.4 Å². The van der Waals surface area contributed by atoms with Crippen LogP contribution in [-0.4, -0.2) is 71.8 Å². The van der Waals surface area contributed by atoms with Gasteiger partial charge < -0.3 is 24.4 Å². The summed E-state index contributed by atoms with van der Waals surface area (Å²) < 4.78 is 11.7. The molecule has 1 aromatic rings. The van der Waals surface area contributed by atoms with Crippen molar-refractivity contribution < 1.29 is 29.0 Å². The summed E-state index contributed by atoms with van der Waals surface area (Å²) in [6.07, 6.45) is 3.32. The van der Waals surface area contributed by atoms with Gasteiger partial charge in [-0.15, -0.1) is 6.58 Å². The van der Waals surface area contributed by atoms with E-state index >= 15 is 0 Å². The van der Waals surface area contributed by atoms with E-state index in [0.717, 1.165) is 0 Å². The quantitative estimate of drug-likeness (QED) is 0.307. The molecule has 2 amide bonds. The van der Waals surface area contributed by atoms with Gasteiger partial charge in [-0.3, -0.25) is 14.4 Å². The number of likely N-dealkylation sites (tertiary alicyclic amines) is 1. The maximum atomic E-state index is 14.1. The Hall–Kier alpha value is -2.42. The molecule has 0 aliphatic carbocycles. The maximum Gasteiger partial charge on any atom is 0.312 e. The lowest BCUT2D eigenvalue weighted by Crippen LogP contribution is -2.56. The van der Waals surface area contributed by atoms with Gasteiger partial charge in [0.15, 0.2) is 0 Å². The second kappa shape index (κ2) is 10.1. The molecule has 184 valence electrons. The van der Waals surface area contributed by atoms with Crippen LogP contribution in [0.15, 0.2) is 36.9 Å². The number of halogens is 1. The first-order chi connectivity index (χ1) is 16.4. The molecule has 1 aromatic carbocycles. The number of hydrogen-bond acceptors (Lipinski definition) is 6. The van der Waals surface area contributed by atoms with Crippen molar-refractivity contribution in [3.63, 3.8) is 0 Å². The zero-order valence-electron chi connectivity index (χ0n) is 19.3. The van der Waals surface area contributed by atoms with Crippen molar-refractivity contribution in [1.82, 2.24) is 4.90 Å². The molecule has 3 fully saturated rings. The molecule has 3 heterocycles. The number of aliphatic hydroxyl groups is 1. The zero-order chi connectivity index (χ0) is 24.5. The van der Waals surface area contributed by atoms with Gasteiger partial charge >= 0.3 is 5.97 Å². The predicted octanol–water partition coefficient (Wildman–Crippen LogP) is 2.57. The Balaban J connectivity index is 1.74. The van der Waals surface area contributed by atoms with Gasteiger partial charge in [-0.2, -0.15) is 0 Å². The van der Waals surface area contributed by atoms with Crippen LogP contribution >= 0.6 is 11.6 Å². The van der Waals surface area contributed by atoms with E-state index in [2.05, 4.69) is 6.58 Å². The summed E-state index contributed by atoms with van der Waals surface area (Å²) >= 11 is 6.05. The number of amides is 2. The molecule has 4 rings (SSSR count). The number of anilines is 1. The Morgan fingerprint density at radius 2 is 2.09 bits per heavy atom. The van der Waals surface area contributed by atoms with Gasteiger partial charge in [-0.25, -0.2) is 0 Å². The minimum atomic E-state index is -1.08. The summed E-state index contributed by atoms with van der Waals surface area (Å²) in [5.74, 6) is -2.47. The highest BCUT2D eigenvalue weighted by Gasteiger charge is 2.75. The predicted molar refractivity (Wildman–Crippen MR) is 126 cm³/mol. The first kappa shape index (κ1) is 24.7. The van der Waals surface area contributed by atoms with Crippen LogP contribution in [0.3, 0.4) is 0 Å². The molecule has 8 nitrogen and oxygen atoms in total. The number of unbranched alkanes of at least 4 members (excludes halogenated alkanes) is 1. The zero-order valence-corrected chi connectivity index (χ0v) is 20.1. The van der Waals surface area contributed by atoms with Crippen LogP contribution in [0.4, 0.5) is 5.69 Å². The Labute approximate surface area is 204 Å². The molecule has 3 saturated heterocycles. The van der Waals surface area contributed by atoms with Crippen molar-refractivity contribution in [3.05, 3.63) is 41.9 Å². The average Bonchev–Trinajstić information content (AvgIpc) is 3.46. The van der Waals surface area contributed by atoms with Crippen molar-refractivity contribution in [1.29, 1.82) is 0 Å². The van der Waals surface area contributed by atoms with Crippen LogP contribution in [0, 0.1) is 11.8 Å². The summed E-state index contributed by atoms with van der Waals surface area (Å²) in [4.78, 5) is 43.8. The number of hydrogen-bond donors (Lipinski definition) is 1. The number of fused-ring (bicyclic) bond motifs is 1. The lowest BCUT2D eigenvalue weighted by Gasteiger charge is -2.36. The van der Waals surface area contributed by atoms with E-state index in [0.29, 0.717) is 42.9 Å². The standard InChI is InChI=1S/C25H31ClN2O6/c1-3-13-27(17-9-7-16(26)8-10-17)23(31)21-25-12-11-18(34-25)19(24(32)33-4-2)20(25)22(30)28(21)14-5-6-15-29/h3,7-10,18-21,29H,1,4-6,11-15H2,2H3/t18-,19+,20+,21-,25+/m1/s1. The summed E-state index contributed by atoms with van der Waals surface area (Å²) in [6.45, 7) is 6.25. The van der Waals surface area contributed by atoms with E-state index in [1.165, 1.54) is 0 Å². The molecule has 3 aliphatic rings. The molecule has 9 heteroatoms. The molecular formula is C25H31ClN2O6. The molecule has 0 saturated carbocycles. The molecule has 1 spiro atoms. The van der Waals surface area contributed by atoms with Crippen molar-refractivity contribution in [2.75, 3.05) is 31.2 Å². The summed E-state index contributed by atoms with van der Waals surface area (Å²) in [7, 11) is 0. The fourth-order valence-corrected chi connectivity index (χ4v) is 5.92. The lowest BCUT2D eigenvalue weighted by molar-refractivity contribution is -0.154. The molecule has 5 atom stereocenters. The number of esters is 1. The number of carbonyl (C=O) groups is 3. The van der Waals surface area contributed by atoms with Gasteiger partial charge in [-0.05, 0) is 56.9 Å². The monoisotopic (exact) mass is 490 g/mol. The van der Waals surface area contributed by atoms with E-state index in [9.17, 15) is 19.5 Å². The van der Waals surface area contributed by atoms with Crippen LogP contribution in [0.5, 0.6) is 0 Å². The van der Waals surface area contributed by atoms with Crippen LogP contribution < -0.4 is 4.90 Å². The van der Waals surface area contributed by atoms with E-state index in [1.807, 2.05) is 0 Å². The Kier molecular flexibility index (Phi) is 7.31. The smallest absolute Gasteiger partial charge is 0.312 e. The molecule has 3 aliphatic heterocycles. The van der Waals surface area contributed by atoms with E-state index in [4.69, 9.17) is 21.1 Å². The SMILES string of the molecule is C=CCN(C(=O)[C@H]1N(CCCCO)C(=O)[C@@H]2[C@@H](C(=O)OCC)[C@H]3CC[C@]21O3)c1ccc(Cl)cc1. The third-order valence-electron chi connectivity index (χ3n) is 7.12. The van der Waals surface area contributed by atoms with E-state index in [-0.39, 0.29) is 31.6 Å². The summed E-state index contributed by atoms with van der Waals surface area (Å²) in [5, 5.41) is 9.81. The topological polar surface area (TPSA) is 96.4 Å². The van der Waals surface area contributed by atoms with Gasteiger partial charge in [0.1, 0.15) is 11.6 Å². The normalized spacial score (nSPS) is 29.3. The highest BCUT2D eigenvalue weighted by molar-refractivity contribution is 6.30. The fraction of sp³-hybridized carbons (Fsp3) is 0.560. The number of aliphatic hydroxyl groups excluding tert-OH is 1. The van der Waals surface area contributed by atoms with Gasteiger partial charge in [0.2, 0.25) is 5.91 Å². The van der Waals surface area contributed by atoms with Crippen molar-refractivity contribution in [2.24, 2.45) is 11.8 Å². The van der Waals surface area contributed by atoms with Crippen LogP contribution in [0.1, 0.15) is 32.6 Å². The molecule has 34 heavy (non-hydrogen) atoms.